The van der Waals surface area contributed by atoms with Gasteiger partial charge < -0.3 is 9.88 Å². The molecule has 0 aliphatic heterocycles. The van der Waals surface area contributed by atoms with Crippen LogP contribution in [0, 0.1) is 0 Å². The molecule has 0 radical (unpaired) electrons. The zero-order valence-electron chi connectivity index (χ0n) is 18.4. The fraction of sp³-hybridized carbons (Fsp3) is 0.609. The molecule has 29 heavy (non-hydrogen) atoms. The van der Waals surface area contributed by atoms with Crippen molar-refractivity contribution in [2.75, 3.05) is 0 Å². The van der Waals surface area contributed by atoms with Gasteiger partial charge in [0.05, 0.1) is 5.25 Å². The lowest BCUT2D eigenvalue weighted by atomic mass is 9.87. The quantitative estimate of drug-likeness (QED) is 0.661. The van der Waals surface area contributed by atoms with Crippen LogP contribution in [0.15, 0.2) is 29.4 Å². The number of aromatic nitrogens is 3. The van der Waals surface area contributed by atoms with E-state index in [1.165, 1.54) is 36.6 Å². The summed E-state index contributed by atoms with van der Waals surface area (Å²) in [6.45, 7) is 11.5. The van der Waals surface area contributed by atoms with Gasteiger partial charge in [-0.05, 0) is 37.7 Å². The Balaban J connectivity index is 1.71. The van der Waals surface area contributed by atoms with Crippen LogP contribution in [0.2, 0.25) is 0 Å². The number of rotatable bonds is 6. The highest BCUT2D eigenvalue weighted by molar-refractivity contribution is 8.00. The molecule has 1 heterocycles. The third-order valence-electron chi connectivity index (χ3n) is 5.65. The fourth-order valence-electron chi connectivity index (χ4n) is 3.77. The van der Waals surface area contributed by atoms with Crippen molar-refractivity contribution in [2.45, 2.75) is 95.1 Å². The average molecular weight is 415 g/mol. The molecule has 1 fully saturated rings. The number of thioether (sulfide) groups is 1. The van der Waals surface area contributed by atoms with Gasteiger partial charge >= 0.3 is 0 Å². The van der Waals surface area contributed by atoms with Crippen molar-refractivity contribution in [1.29, 1.82) is 0 Å². The van der Waals surface area contributed by atoms with Crippen LogP contribution in [0.5, 0.6) is 0 Å². The Morgan fingerprint density at radius 2 is 1.83 bits per heavy atom. The van der Waals surface area contributed by atoms with Crippen molar-refractivity contribution in [2.24, 2.45) is 0 Å². The molecule has 1 aliphatic carbocycles. The predicted molar refractivity (Wildman–Crippen MR) is 120 cm³/mol. The van der Waals surface area contributed by atoms with E-state index >= 15 is 0 Å². The van der Waals surface area contributed by atoms with Gasteiger partial charge in [-0.3, -0.25) is 4.79 Å². The molecule has 1 unspecified atom stereocenters. The second kappa shape index (κ2) is 9.33. The summed E-state index contributed by atoms with van der Waals surface area (Å²) in [4.78, 5) is 12.6. The van der Waals surface area contributed by atoms with E-state index in [-0.39, 0.29) is 16.6 Å². The van der Waals surface area contributed by atoms with Crippen molar-refractivity contribution < 1.29 is 4.79 Å². The molecular formula is C23H34N4OS. The first kappa shape index (κ1) is 21.9. The molecule has 1 saturated carbocycles. The molecule has 1 N–H and O–H groups in total. The van der Waals surface area contributed by atoms with Gasteiger partial charge in [0.2, 0.25) is 5.91 Å². The highest BCUT2D eigenvalue weighted by Gasteiger charge is 2.23. The minimum absolute atomic E-state index is 0.101. The lowest BCUT2D eigenvalue weighted by Gasteiger charge is -2.24. The summed E-state index contributed by atoms with van der Waals surface area (Å²) in [5, 5.41) is 12.7. The van der Waals surface area contributed by atoms with Gasteiger partial charge in [-0.25, -0.2) is 0 Å². The van der Waals surface area contributed by atoms with Gasteiger partial charge in [-0.15, -0.1) is 10.2 Å². The molecule has 6 heteroatoms. The SMILES string of the molecule is CCn1c(SC(C)C(=O)NC2CCCCC2)nnc1-c1ccc(C(C)(C)C)cc1. The lowest BCUT2D eigenvalue weighted by Crippen LogP contribution is -2.40. The molecule has 1 atom stereocenters. The van der Waals surface area contributed by atoms with E-state index in [1.807, 2.05) is 6.92 Å². The van der Waals surface area contributed by atoms with Crippen LogP contribution in [0.4, 0.5) is 0 Å². The first-order chi connectivity index (χ1) is 13.8. The Bertz CT molecular complexity index is 816. The van der Waals surface area contributed by atoms with Gasteiger partial charge in [0, 0.05) is 18.2 Å². The third kappa shape index (κ3) is 5.41. The minimum atomic E-state index is -0.192. The first-order valence-electron chi connectivity index (χ1n) is 10.8. The normalized spacial score (nSPS) is 16.6. The van der Waals surface area contributed by atoms with Crippen molar-refractivity contribution in [1.82, 2.24) is 20.1 Å². The summed E-state index contributed by atoms with van der Waals surface area (Å²) in [5.74, 6) is 0.957. The molecule has 0 bridgehead atoms. The maximum atomic E-state index is 12.6. The summed E-state index contributed by atoms with van der Waals surface area (Å²) in [6, 6.07) is 8.89. The largest absolute Gasteiger partial charge is 0.352 e. The maximum absolute atomic E-state index is 12.6. The summed E-state index contributed by atoms with van der Waals surface area (Å²) >= 11 is 1.49. The van der Waals surface area contributed by atoms with Crippen LogP contribution >= 0.6 is 11.8 Å². The van der Waals surface area contributed by atoms with E-state index in [0.29, 0.717) is 6.04 Å². The predicted octanol–water partition coefficient (Wildman–Crippen LogP) is 5.19. The molecule has 158 valence electrons. The molecule has 0 spiro atoms. The Morgan fingerprint density at radius 1 is 1.17 bits per heavy atom. The number of hydrogen-bond donors (Lipinski definition) is 1. The van der Waals surface area contributed by atoms with E-state index in [4.69, 9.17) is 0 Å². The Morgan fingerprint density at radius 3 is 2.41 bits per heavy atom. The fourth-order valence-corrected chi connectivity index (χ4v) is 4.69. The minimum Gasteiger partial charge on any atom is -0.352 e. The molecule has 1 aromatic carbocycles. The number of hydrogen-bond acceptors (Lipinski definition) is 4. The summed E-state index contributed by atoms with van der Waals surface area (Å²) in [5.41, 5.74) is 2.48. The number of amides is 1. The zero-order chi connectivity index (χ0) is 21.0. The van der Waals surface area contributed by atoms with Gasteiger partial charge in [0.25, 0.3) is 0 Å². The van der Waals surface area contributed by atoms with Gasteiger partial charge in [0.1, 0.15) is 0 Å². The molecular weight excluding hydrogens is 380 g/mol. The Labute approximate surface area is 179 Å². The highest BCUT2D eigenvalue weighted by atomic mass is 32.2. The van der Waals surface area contributed by atoms with Crippen LogP contribution in [0.25, 0.3) is 11.4 Å². The molecule has 5 nitrogen and oxygen atoms in total. The second-order valence-corrected chi connectivity index (χ2v) is 10.3. The van der Waals surface area contributed by atoms with Crippen molar-refractivity contribution >= 4 is 17.7 Å². The summed E-state index contributed by atoms with van der Waals surface area (Å²) in [7, 11) is 0. The van der Waals surface area contributed by atoms with Crippen molar-refractivity contribution in [3.8, 4) is 11.4 Å². The van der Waals surface area contributed by atoms with Crippen LogP contribution in [0.1, 0.15) is 72.3 Å². The number of carbonyl (C=O) groups is 1. The van der Waals surface area contributed by atoms with Crippen LogP contribution < -0.4 is 5.32 Å². The average Bonchev–Trinajstić information content (AvgIpc) is 3.10. The smallest absolute Gasteiger partial charge is 0.233 e. The standard InChI is InChI=1S/C23H34N4OS/c1-6-27-20(17-12-14-18(15-13-17)23(3,4)5)25-26-22(27)29-16(2)21(28)24-19-10-8-7-9-11-19/h12-16,19H,6-11H2,1-5H3,(H,24,28). The maximum Gasteiger partial charge on any atom is 0.233 e. The number of carbonyl (C=O) groups excluding carboxylic acids is 1. The lowest BCUT2D eigenvalue weighted by molar-refractivity contribution is -0.121. The molecule has 3 rings (SSSR count). The zero-order valence-corrected chi connectivity index (χ0v) is 19.2. The van der Waals surface area contributed by atoms with E-state index in [9.17, 15) is 4.79 Å². The number of nitrogens with one attached hydrogen (secondary N) is 1. The summed E-state index contributed by atoms with van der Waals surface area (Å²) in [6.07, 6.45) is 5.92. The Kier molecular flexibility index (Phi) is 7.04. The summed E-state index contributed by atoms with van der Waals surface area (Å²) < 4.78 is 2.10. The van der Waals surface area contributed by atoms with Crippen molar-refractivity contribution in [3.63, 3.8) is 0 Å². The van der Waals surface area contributed by atoms with Gasteiger partial charge in [-0.2, -0.15) is 0 Å². The first-order valence-corrected chi connectivity index (χ1v) is 11.7. The number of nitrogens with zero attached hydrogens (tertiary/aromatic N) is 3. The van der Waals surface area contributed by atoms with Crippen LogP contribution in [-0.2, 0) is 16.8 Å². The molecule has 2 aromatic rings. The van der Waals surface area contributed by atoms with E-state index < -0.39 is 0 Å². The van der Waals surface area contributed by atoms with Gasteiger partial charge in [-0.1, -0.05) is 76.1 Å². The van der Waals surface area contributed by atoms with Crippen molar-refractivity contribution in [3.05, 3.63) is 29.8 Å². The van der Waals surface area contributed by atoms with E-state index in [2.05, 4.69) is 72.0 Å². The van der Waals surface area contributed by atoms with E-state index in [0.717, 1.165) is 35.9 Å². The third-order valence-corrected chi connectivity index (χ3v) is 6.73. The van der Waals surface area contributed by atoms with Crippen LogP contribution in [0.3, 0.4) is 0 Å². The number of benzene rings is 1. The monoisotopic (exact) mass is 414 g/mol. The second-order valence-electron chi connectivity index (χ2n) is 8.98. The Hall–Kier alpha value is -1.82. The highest BCUT2D eigenvalue weighted by Crippen LogP contribution is 2.29. The topological polar surface area (TPSA) is 59.8 Å². The molecule has 1 amide bonds. The molecule has 1 aliphatic rings. The van der Waals surface area contributed by atoms with Crippen LogP contribution in [-0.4, -0.2) is 32.0 Å². The van der Waals surface area contributed by atoms with E-state index in [1.54, 1.807) is 0 Å². The van der Waals surface area contributed by atoms with Gasteiger partial charge in [0.15, 0.2) is 11.0 Å². The molecule has 1 aromatic heterocycles. The molecule has 0 saturated heterocycles.